The van der Waals surface area contributed by atoms with E-state index < -0.39 is 53.8 Å². The van der Waals surface area contributed by atoms with Crippen LogP contribution in [0.5, 0.6) is 11.5 Å². The number of primary amides is 1. The van der Waals surface area contributed by atoms with Gasteiger partial charge in [0.1, 0.15) is 17.7 Å². The summed E-state index contributed by atoms with van der Waals surface area (Å²) in [5.41, 5.74) is 4.17. The normalized spacial score (nSPS) is 16.6. The van der Waals surface area contributed by atoms with Gasteiger partial charge in [0, 0.05) is 24.1 Å². The van der Waals surface area contributed by atoms with E-state index in [-0.39, 0.29) is 39.3 Å². The van der Waals surface area contributed by atoms with Crippen molar-refractivity contribution in [3.63, 3.8) is 0 Å². The molecule has 0 radical (unpaired) electrons. The third-order valence-electron chi connectivity index (χ3n) is 7.01. The highest BCUT2D eigenvalue weighted by atomic mass is 32.1. The maximum atomic E-state index is 14.9. The van der Waals surface area contributed by atoms with Gasteiger partial charge in [-0.15, -0.1) is 0 Å². The Kier molecular flexibility index (Phi) is 9.18. The minimum atomic E-state index is -4.58. The molecule has 1 fully saturated rings. The van der Waals surface area contributed by atoms with Gasteiger partial charge in [0.05, 0.1) is 27.9 Å². The summed E-state index contributed by atoms with van der Waals surface area (Å²) in [7, 11) is 0. The number of nitrogens with zero attached hydrogens (tertiary/aromatic N) is 1. The molecule has 236 valence electrons. The van der Waals surface area contributed by atoms with Crippen LogP contribution < -0.4 is 21.1 Å². The Bertz CT molecular complexity index is 1760. The number of carbonyl (C=O) groups is 3. The summed E-state index contributed by atoms with van der Waals surface area (Å²) in [6, 6.07) is 9.97. The van der Waals surface area contributed by atoms with E-state index in [1.54, 1.807) is 0 Å². The molecule has 5 rings (SSSR count). The Morgan fingerprint density at radius 1 is 1.00 bits per heavy atom. The molecule has 1 saturated carbocycles. The van der Waals surface area contributed by atoms with Crippen LogP contribution >= 0.6 is 11.3 Å². The van der Waals surface area contributed by atoms with Crippen molar-refractivity contribution in [3.05, 3.63) is 77.4 Å². The molecule has 4 N–H and O–H groups in total. The average Bonchev–Trinajstić information content (AvgIpc) is 3.35. The van der Waals surface area contributed by atoms with Crippen molar-refractivity contribution in [1.82, 2.24) is 4.98 Å². The van der Waals surface area contributed by atoms with Crippen LogP contribution in [-0.2, 0) is 26.9 Å². The van der Waals surface area contributed by atoms with Gasteiger partial charge in [-0.3, -0.25) is 9.59 Å². The number of anilines is 2. The molecule has 3 aromatic carbocycles. The zero-order chi connectivity index (χ0) is 32.3. The largest absolute Gasteiger partial charge is 0.454 e. The SMILES string of the molecule is NC(=O)OC1CCCC(C(=O)Nc2nc3cc(F)c(Oc4ccc(F)c(NC(=O)Cc5cccc(C(F)(F)F)c5)c4)cc3s2)C1. The number of halogens is 5. The number of hydrogen-bond acceptors (Lipinski definition) is 7. The maximum Gasteiger partial charge on any atom is 0.416 e. The number of benzene rings is 3. The van der Waals surface area contributed by atoms with E-state index in [0.29, 0.717) is 30.4 Å². The summed E-state index contributed by atoms with van der Waals surface area (Å²) in [4.78, 5) is 40.6. The molecular formula is C30H25F5N4O5S. The minimum absolute atomic E-state index is 0.0351. The number of fused-ring (bicyclic) bond motifs is 1. The Labute approximate surface area is 256 Å². The van der Waals surface area contributed by atoms with Crippen LogP contribution in [0.25, 0.3) is 10.2 Å². The van der Waals surface area contributed by atoms with E-state index in [0.717, 1.165) is 41.7 Å². The number of hydrogen-bond donors (Lipinski definition) is 3. The van der Waals surface area contributed by atoms with Crippen LogP contribution in [0, 0.1) is 17.6 Å². The zero-order valence-corrected chi connectivity index (χ0v) is 24.1. The highest BCUT2D eigenvalue weighted by Crippen LogP contribution is 2.36. The van der Waals surface area contributed by atoms with Crippen LogP contribution in [0.4, 0.5) is 37.6 Å². The van der Waals surface area contributed by atoms with E-state index in [2.05, 4.69) is 15.6 Å². The molecule has 15 heteroatoms. The number of nitrogens with two attached hydrogens (primary N) is 1. The second-order valence-corrected chi connectivity index (χ2v) is 11.4. The number of ether oxygens (including phenoxy) is 2. The summed E-state index contributed by atoms with van der Waals surface area (Å²) >= 11 is 1.07. The summed E-state index contributed by atoms with van der Waals surface area (Å²) in [5.74, 6) is -3.45. The monoisotopic (exact) mass is 648 g/mol. The van der Waals surface area contributed by atoms with Crippen LogP contribution in [0.2, 0.25) is 0 Å². The average molecular weight is 649 g/mol. The number of carbonyl (C=O) groups excluding carboxylic acids is 3. The summed E-state index contributed by atoms with van der Waals surface area (Å²) in [5, 5.41) is 5.24. The predicted molar refractivity (Wildman–Crippen MR) is 155 cm³/mol. The molecule has 0 spiro atoms. The summed E-state index contributed by atoms with van der Waals surface area (Å²) in [6.45, 7) is 0. The first kappa shape index (κ1) is 31.6. The second-order valence-electron chi connectivity index (χ2n) is 10.3. The molecule has 9 nitrogen and oxygen atoms in total. The van der Waals surface area contributed by atoms with Crippen molar-refractivity contribution in [2.75, 3.05) is 10.6 Å². The number of thiazole rings is 1. The van der Waals surface area contributed by atoms with Gasteiger partial charge in [-0.05, 0) is 49.4 Å². The van der Waals surface area contributed by atoms with Crippen LogP contribution in [-0.4, -0.2) is 29.0 Å². The fourth-order valence-electron chi connectivity index (χ4n) is 4.95. The molecule has 0 bridgehead atoms. The van der Waals surface area contributed by atoms with Gasteiger partial charge in [-0.25, -0.2) is 18.6 Å². The van der Waals surface area contributed by atoms with Crippen molar-refractivity contribution < 1.29 is 45.8 Å². The van der Waals surface area contributed by atoms with Crippen LogP contribution in [0.15, 0.2) is 54.6 Å². The molecule has 1 aromatic heterocycles. The predicted octanol–water partition coefficient (Wildman–Crippen LogP) is 7.16. The van der Waals surface area contributed by atoms with E-state index >= 15 is 0 Å². The Morgan fingerprint density at radius 2 is 1.80 bits per heavy atom. The third kappa shape index (κ3) is 8.03. The van der Waals surface area contributed by atoms with E-state index in [1.165, 1.54) is 24.3 Å². The number of rotatable bonds is 8. The van der Waals surface area contributed by atoms with E-state index in [9.17, 15) is 36.3 Å². The van der Waals surface area contributed by atoms with E-state index in [4.69, 9.17) is 15.2 Å². The van der Waals surface area contributed by atoms with Gasteiger partial charge >= 0.3 is 12.3 Å². The molecule has 3 amide bonds. The molecule has 2 unspecified atom stereocenters. The molecule has 1 aliphatic rings. The molecule has 2 atom stereocenters. The summed E-state index contributed by atoms with van der Waals surface area (Å²) < 4.78 is 79.5. The first-order chi connectivity index (χ1) is 21.3. The number of aromatic nitrogens is 1. The Balaban J connectivity index is 1.25. The van der Waals surface area contributed by atoms with Crippen molar-refractivity contribution in [1.29, 1.82) is 0 Å². The molecule has 1 aliphatic carbocycles. The smallest absolute Gasteiger partial charge is 0.416 e. The quantitative estimate of drug-likeness (QED) is 0.174. The van der Waals surface area contributed by atoms with Gasteiger partial charge in [-0.1, -0.05) is 29.5 Å². The Morgan fingerprint density at radius 3 is 2.56 bits per heavy atom. The lowest BCUT2D eigenvalue weighted by molar-refractivity contribution is -0.137. The lowest BCUT2D eigenvalue weighted by atomic mass is 9.86. The van der Waals surface area contributed by atoms with Crippen LogP contribution in [0.1, 0.15) is 36.8 Å². The fraction of sp³-hybridized carbons (Fsp3) is 0.267. The molecule has 0 saturated heterocycles. The number of amides is 3. The zero-order valence-electron chi connectivity index (χ0n) is 23.3. The van der Waals surface area contributed by atoms with E-state index in [1.807, 2.05) is 0 Å². The molecule has 1 heterocycles. The minimum Gasteiger partial charge on any atom is -0.454 e. The molecular weight excluding hydrogens is 623 g/mol. The van der Waals surface area contributed by atoms with Gasteiger partial charge in [0.15, 0.2) is 16.7 Å². The molecule has 4 aromatic rings. The Hall–Kier alpha value is -4.79. The van der Waals surface area contributed by atoms with Crippen molar-refractivity contribution in [2.24, 2.45) is 11.7 Å². The number of alkyl halides is 3. The van der Waals surface area contributed by atoms with Gasteiger partial charge < -0.3 is 25.8 Å². The number of nitrogens with one attached hydrogen (secondary N) is 2. The van der Waals surface area contributed by atoms with Gasteiger partial charge in [0.2, 0.25) is 11.8 Å². The van der Waals surface area contributed by atoms with Gasteiger partial charge in [-0.2, -0.15) is 13.2 Å². The fourth-order valence-corrected chi connectivity index (χ4v) is 5.83. The first-order valence-electron chi connectivity index (χ1n) is 13.6. The molecule has 45 heavy (non-hydrogen) atoms. The van der Waals surface area contributed by atoms with Crippen molar-refractivity contribution in [3.8, 4) is 11.5 Å². The highest BCUT2D eigenvalue weighted by Gasteiger charge is 2.31. The first-order valence-corrected chi connectivity index (χ1v) is 14.5. The lowest BCUT2D eigenvalue weighted by Crippen LogP contribution is -2.33. The third-order valence-corrected chi connectivity index (χ3v) is 7.94. The highest BCUT2D eigenvalue weighted by molar-refractivity contribution is 7.22. The maximum absolute atomic E-state index is 14.9. The molecule has 0 aliphatic heterocycles. The topological polar surface area (TPSA) is 133 Å². The standard InChI is InChI=1S/C30H25F5N4O5S/c31-20-8-7-19(12-22(20)37-26(40)10-15-3-1-5-17(9-15)30(33,34)35)43-24-14-25-23(13-21(24)32)38-29(45-25)39-27(41)16-4-2-6-18(11-16)44-28(36)42/h1,3,5,7-9,12-14,16,18H,2,4,6,10-11H2,(H2,36,42)(H,37,40)(H,38,39,41). The lowest BCUT2D eigenvalue weighted by Gasteiger charge is -2.27. The van der Waals surface area contributed by atoms with Crippen molar-refractivity contribution >= 4 is 50.3 Å². The second kappa shape index (κ2) is 13.1. The van der Waals surface area contributed by atoms with Crippen LogP contribution in [0.3, 0.4) is 0 Å². The van der Waals surface area contributed by atoms with Gasteiger partial charge in [0.25, 0.3) is 0 Å². The summed E-state index contributed by atoms with van der Waals surface area (Å²) in [6.07, 6.45) is -4.20. The van der Waals surface area contributed by atoms with Crippen molar-refractivity contribution in [2.45, 2.75) is 44.4 Å².